The Balaban J connectivity index is 1.93. The van der Waals surface area contributed by atoms with Crippen molar-refractivity contribution in [2.75, 3.05) is 6.54 Å². The van der Waals surface area contributed by atoms with Crippen molar-refractivity contribution >= 4 is 16.8 Å². The molecule has 3 N–H and O–H groups in total. The number of imidazole rings is 1. The van der Waals surface area contributed by atoms with Gasteiger partial charge in [0, 0.05) is 11.5 Å². The van der Waals surface area contributed by atoms with Crippen LogP contribution in [0.5, 0.6) is 0 Å². The van der Waals surface area contributed by atoms with Crippen molar-refractivity contribution in [3.63, 3.8) is 0 Å². The number of benzene rings is 1. The fraction of sp³-hybridized carbons (Fsp3) is 0.467. The van der Waals surface area contributed by atoms with E-state index in [4.69, 9.17) is 5.73 Å². The first-order chi connectivity index (χ1) is 9.28. The maximum atomic E-state index is 11.6. The molecule has 0 amide bonds. The number of nitrogens with one attached hydrogen (secondary N) is 1. The van der Waals surface area contributed by atoms with Crippen LogP contribution in [-0.2, 0) is 0 Å². The molecule has 0 saturated heterocycles. The molecule has 0 spiro atoms. The van der Waals surface area contributed by atoms with Gasteiger partial charge in [-0.1, -0.05) is 19.3 Å². The van der Waals surface area contributed by atoms with E-state index in [0.717, 1.165) is 16.9 Å². The predicted octanol–water partition coefficient (Wildman–Crippen LogP) is 2.75. The van der Waals surface area contributed by atoms with Gasteiger partial charge in [-0.15, -0.1) is 0 Å². The highest BCUT2D eigenvalue weighted by Gasteiger charge is 2.19. The fourth-order valence-electron chi connectivity index (χ4n) is 2.89. The zero-order valence-corrected chi connectivity index (χ0v) is 11.0. The minimum absolute atomic E-state index is 0.0317. The molecule has 1 fully saturated rings. The van der Waals surface area contributed by atoms with E-state index in [1.165, 1.54) is 32.1 Å². The minimum Gasteiger partial charge on any atom is -0.342 e. The van der Waals surface area contributed by atoms with E-state index < -0.39 is 0 Å². The van der Waals surface area contributed by atoms with E-state index in [9.17, 15) is 4.79 Å². The van der Waals surface area contributed by atoms with E-state index in [-0.39, 0.29) is 12.3 Å². The number of carbonyl (C=O) groups is 1. The van der Waals surface area contributed by atoms with Crippen molar-refractivity contribution in [2.24, 2.45) is 5.73 Å². The lowest BCUT2D eigenvalue weighted by molar-refractivity contribution is 0.100. The molecule has 100 valence electrons. The monoisotopic (exact) mass is 257 g/mol. The van der Waals surface area contributed by atoms with Crippen LogP contribution in [0.3, 0.4) is 0 Å². The molecule has 0 atom stereocenters. The lowest BCUT2D eigenvalue weighted by atomic mass is 9.89. The summed E-state index contributed by atoms with van der Waals surface area (Å²) in [6.45, 7) is 0.0507. The number of carbonyl (C=O) groups excluding carboxylic acids is 1. The van der Waals surface area contributed by atoms with E-state index in [2.05, 4.69) is 9.97 Å². The Morgan fingerprint density at radius 3 is 2.84 bits per heavy atom. The molecule has 19 heavy (non-hydrogen) atoms. The number of hydrogen-bond donors (Lipinski definition) is 2. The van der Waals surface area contributed by atoms with Crippen molar-refractivity contribution in [3.8, 4) is 0 Å². The van der Waals surface area contributed by atoms with Gasteiger partial charge in [0.05, 0.1) is 17.6 Å². The third-order valence-electron chi connectivity index (χ3n) is 4.00. The maximum absolute atomic E-state index is 11.6. The lowest BCUT2D eigenvalue weighted by Crippen LogP contribution is -2.13. The van der Waals surface area contributed by atoms with Gasteiger partial charge in [-0.3, -0.25) is 4.79 Å². The average Bonchev–Trinajstić information content (AvgIpc) is 2.90. The smallest absolute Gasteiger partial charge is 0.176 e. The average molecular weight is 257 g/mol. The molecular weight excluding hydrogens is 238 g/mol. The Bertz CT molecular complexity index is 596. The molecule has 0 bridgehead atoms. The van der Waals surface area contributed by atoms with Gasteiger partial charge < -0.3 is 10.7 Å². The Kier molecular flexibility index (Phi) is 3.34. The second-order valence-electron chi connectivity index (χ2n) is 5.32. The molecular formula is C15H19N3O. The van der Waals surface area contributed by atoms with Crippen LogP contribution in [0.2, 0.25) is 0 Å². The zero-order valence-electron chi connectivity index (χ0n) is 11.0. The molecule has 1 heterocycles. The highest BCUT2D eigenvalue weighted by atomic mass is 16.1. The number of aromatic nitrogens is 2. The van der Waals surface area contributed by atoms with Crippen LogP contribution in [0.4, 0.5) is 0 Å². The van der Waals surface area contributed by atoms with Crippen LogP contribution in [0.25, 0.3) is 11.0 Å². The summed E-state index contributed by atoms with van der Waals surface area (Å²) in [6, 6.07) is 5.58. The maximum Gasteiger partial charge on any atom is 0.176 e. The normalized spacial score (nSPS) is 16.9. The summed E-state index contributed by atoms with van der Waals surface area (Å²) in [5, 5.41) is 0. The number of ketones is 1. The van der Waals surface area contributed by atoms with Crippen LogP contribution in [0.1, 0.15) is 54.2 Å². The summed E-state index contributed by atoms with van der Waals surface area (Å²) in [5.41, 5.74) is 7.94. The summed E-state index contributed by atoms with van der Waals surface area (Å²) in [5.74, 6) is 1.59. The third kappa shape index (κ3) is 2.40. The van der Waals surface area contributed by atoms with E-state index in [1.807, 2.05) is 18.2 Å². The van der Waals surface area contributed by atoms with Gasteiger partial charge in [0.25, 0.3) is 0 Å². The molecule has 3 rings (SSSR count). The van der Waals surface area contributed by atoms with Crippen LogP contribution >= 0.6 is 0 Å². The largest absolute Gasteiger partial charge is 0.342 e. The minimum atomic E-state index is -0.0317. The molecule has 4 nitrogen and oxygen atoms in total. The van der Waals surface area contributed by atoms with Crippen molar-refractivity contribution in [2.45, 2.75) is 38.0 Å². The first-order valence-corrected chi connectivity index (χ1v) is 7.01. The molecule has 1 aromatic heterocycles. The Hall–Kier alpha value is -1.68. The molecule has 0 unspecified atom stereocenters. The SMILES string of the molecule is NCC(=O)c1ccc2nc(C3CCCCC3)[nH]c2c1. The van der Waals surface area contributed by atoms with Gasteiger partial charge >= 0.3 is 0 Å². The Labute approximate surface area is 112 Å². The molecule has 0 aliphatic heterocycles. The third-order valence-corrected chi connectivity index (χ3v) is 4.00. The van der Waals surface area contributed by atoms with Crippen LogP contribution in [0.15, 0.2) is 18.2 Å². The van der Waals surface area contributed by atoms with Gasteiger partial charge in [-0.25, -0.2) is 4.98 Å². The summed E-state index contributed by atoms with van der Waals surface area (Å²) in [7, 11) is 0. The molecule has 1 saturated carbocycles. The second-order valence-corrected chi connectivity index (χ2v) is 5.32. The first kappa shape index (κ1) is 12.4. The summed E-state index contributed by atoms with van der Waals surface area (Å²) < 4.78 is 0. The Morgan fingerprint density at radius 2 is 2.11 bits per heavy atom. The summed E-state index contributed by atoms with van der Waals surface area (Å²) in [4.78, 5) is 19.7. The second kappa shape index (κ2) is 5.13. The number of H-pyrrole nitrogens is 1. The van der Waals surface area contributed by atoms with E-state index in [1.54, 1.807) is 0 Å². The standard InChI is InChI=1S/C15H19N3O/c16-9-14(19)11-6-7-12-13(8-11)18-15(17-12)10-4-2-1-3-5-10/h6-8,10H,1-5,9,16H2,(H,17,18). The van der Waals surface area contributed by atoms with Gasteiger partial charge in [0.2, 0.25) is 0 Å². The molecule has 4 heteroatoms. The molecule has 1 aromatic carbocycles. The van der Waals surface area contributed by atoms with Crippen molar-refractivity contribution in [3.05, 3.63) is 29.6 Å². The van der Waals surface area contributed by atoms with Crippen LogP contribution < -0.4 is 5.73 Å². The number of aromatic amines is 1. The van der Waals surface area contributed by atoms with Gasteiger partial charge in [-0.2, -0.15) is 0 Å². The lowest BCUT2D eigenvalue weighted by Gasteiger charge is -2.18. The first-order valence-electron chi connectivity index (χ1n) is 7.01. The van der Waals surface area contributed by atoms with Gasteiger partial charge in [0.1, 0.15) is 5.82 Å². The van der Waals surface area contributed by atoms with Gasteiger partial charge in [-0.05, 0) is 31.0 Å². The number of Topliss-reactive ketones (excluding diaryl/α,β-unsaturated/α-hetero) is 1. The number of nitrogens with two attached hydrogens (primary N) is 1. The number of hydrogen-bond acceptors (Lipinski definition) is 3. The van der Waals surface area contributed by atoms with Gasteiger partial charge in [0.15, 0.2) is 5.78 Å². The van der Waals surface area contributed by atoms with Crippen LogP contribution in [0, 0.1) is 0 Å². The van der Waals surface area contributed by atoms with Crippen molar-refractivity contribution < 1.29 is 4.79 Å². The van der Waals surface area contributed by atoms with E-state index in [0.29, 0.717) is 11.5 Å². The molecule has 2 aromatic rings. The summed E-state index contributed by atoms with van der Waals surface area (Å²) in [6.07, 6.45) is 6.35. The molecule has 1 aliphatic rings. The van der Waals surface area contributed by atoms with E-state index >= 15 is 0 Å². The number of nitrogens with zero attached hydrogens (tertiary/aromatic N) is 1. The van der Waals surface area contributed by atoms with Crippen molar-refractivity contribution in [1.29, 1.82) is 0 Å². The Morgan fingerprint density at radius 1 is 1.32 bits per heavy atom. The molecule has 1 aliphatic carbocycles. The number of rotatable bonds is 3. The van der Waals surface area contributed by atoms with Crippen LogP contribution in [-0.4, -0.2) is 22.3 Å². The summed E-state index contributed by atoms with van der Waals surface area (Å²) >= 11 is 0. The fourth-order valence-corrected chi connectivity index (χ4v) is 2.89. The topological polar surface area (TPSA) is 71.8 Å². The highest BCUT2D eigenvalue weighted by Crippen LogP contribution is 2.32. The molecule has 0 radical (unpaired) electrons. The predicted molar refractivity (Wildman–Crippen MR) is 75.3 cm³/mol. The highest BCUT2D eigenvalue weighted by molar-refractivity contribution is 6.00. The zero-order chi connectivity index (χ0) is 13.2. The quantitative estimate of drug-likeness (QED) is 0.830. The number of fused-ring (bicyclic) bond motifs is 1. The van der Waals surface area contributed by atoms with Crippen molar-refractivity contribution in [1.82, 2.24) is 9.97 Å².